The van der Waals surface area contributed by atoms with Gasteiger partial charge in [-0.15, -0.1) is 11.8 Å². The Morgan fingerprint density at radius 3 is 2.14 bits per heavy atom. The number of thioether (sulfide) groups is 1. The van der Waals surface area contributed by atoms with Crippen molar-refractivity contribution in [3.63, 3.8) is 0 Å². The summed E-state index contributed by atoms with van der Waals surface area (Å²) >= 11 is 1.39. The van der Waals surface area contributed by atoms with Crippen LogP contribution in [0.5, 0.6) is 0 Å². The van der Waals surface area contributed by atoms with Crippen LogP contribution in [-0.4, -0.2) is 17.6 Å². The van der Waals surface area contributed by atoms with Gasteiger partial charge in [0.05, 0.1) is 11.3 Å². The van der Waals surface area contributed by atoms with E-state index in [4.69, 9.17) is 0 Å². The zero-order valence-corrected chi connectivity index (χ0v) is 16.1. The van der Waals surface area contributed by atoms with Gasteiger partial charge in [-0.2, -0.15) is 0 Å². The standard InChI is InChI=1S/C22H19FN2O2S/c1-15-6-8-16(9-7-15)24-21(26)14-28-18-12-10-17(11-13-18)25-22(27)19-4-2-3-5-20(19)23/h2-13H,14H2,1H3,(H,24,26)(H,25,27). The van der Waals surface area contributed by atoms with Gasteiger partial charge in [-0.1, -0.05) is 29.8 Å². The quantitative estimate of drug-likeness (QED) is 0.571. The Hall–Kier alpha value is -3.12. The third kappa shape index (κ3) is 5.44. The van der Waals surface area contributed by atoms with Crippen molar-refractivity contribution in [2.24, 2.45) is 0 Å². The lowest BCUT2D eigenvalue weighted by Crippen LogP contribution is -2.14. The van der Waals surface area contributed by atoms with Crippen molar-refractivity contribution in [1.29, 1.82) is 0 Å². The van der Waals surface area contributed by atoms with Crippen molar-refractivity contribution in [3.8, 4) is 0 Å². The number of benzene rings is 3. The maximum Gasteiger partial charge on any atom is 0.258 e. The molecule has 4 nitrogen and oxygen atoms in total. The van der Waals surface area contributed by atoms with Crippen LogP contribution < -0.4 is 10.6 Å². The normalized spacial score (nSPS) is 10.4. The Morgan fingerprint density at radius 1 is 0.857 bits per heavy atom. The minimum atomic E-state index is -0.563. The summed E-state index contributed by atoms with van der Waals surface area (Å²) in [4.78, 5) is 25.1. The fourth-order valence-electron chi connectivity index (χ4n) is 2.46. The number of anilines is 2. The molecule has 0 aliphatic carbocycles. The van der Waals surface area contributed by atoms with E-state index in [1.807, 2.05) is 31.2 Å². The number of aryl methyl sites for hydroxylation is 1. The first kappa shape index (κ1) is 19.6. The van der Waals surface area contributed by atoms with Gasteiger partial charge in [-0.3, -0.25) is 9.59 Å². The largest absolute Gasteiger partial charge is 0.325 e. The fourth-order valence-corrected chi connectivity index (χ4v) is 3.16. The Kier molecular flexibility index (Phi) is 6.45. The molecule has 142 valence electrons. The number of rotatable bonds is 6. The summed E-state index contributed by atoms with van der Waals surface area (Å²) < 4.78 is 13.7. The Morgan fingerprint density at radius 2 is 1.46 bits per heavy atom. The minimum absolute atomic E-state index is 0.00581. The van der Waals surface area contributed by atoms with Crippen LogP contribution in [-0.2, 0) is 4.79 Å². The number of carbonyl (C=O) groups excluding carboxylic acids is 2. The maximum atomic E-state index is 13.7. The van der Waals surface area contributed by atoms with Crippen molar-refractivity contribution in [2.45, 2.75) is 11.8 Å². The number of amides is 2. The van der Waals surface area contributed by atoms with Crippen molar-refractivity contribution in [2.75, 3.05) is 16.4 Å². The van der Waals surface area contributed by atoms with Crippen LogP contribution >= 0.6 is 11.8 Å². The molecule has 28 heavy (non-hydrogen) atoms. The molecule has 2 amide bonds. The van der Waals surface area contributed by atoms with Crippen LogP contribution in [0.25, 0.3) is 0 Å². The molecule has 2 N–H and O–H groups in total. The van der Waals surface area contributed by atoms with Crippen LogP contribution in [0, 0.1) is 12.7 Å². The summed E-state index contributed by atoms with van der Waals surface area (Å²) in [5.74, 6) is -0.886. The molecule has 0 atom stereocenters. The van der Waals surface area contributed by atoms with E-state index in [1.165, 1.54) is 30.0 Å². The van der Waals surface area contributed by atoms with Crippen molar-refractivity contribution < 1.29 is 14.0 Å². The molecule has 3 rings (SSSR count). The Labute approximate surface area is 167 Å². The van der Waals surface area contributed by atoms with Gasteiger partial charge in [0.2, 0.25) is 5.91 Å². The highest BCUT2D eigenvalue weighted by Crippen LogP contribution is 2.21. The molecule has 0 fully saturated rings. The van der Waals surface area contributed by atoms with Gasteiger partial charge in [0.1, 0.15) is 5.82 Å². The van der Waals surface area contributed by atoms with Crippen LogP contribution in [0.2, 0.25) is 0 Å². The number of halogens is 1. The van der Waals surface area contributed by atoms with Gasteiger partial charge in [0.25, 0.3) is 5.91 Å². The van der Waals surface area contributed by atoms with E-state index in [2.05, 4.69) is 10.6 Å². The predicted molar refractivity (Wildman–Crippen MR) is 111 cm³/mol. The highest BCUT2D eigenvalue weighted by Gasteiger charge is 2.11. The van der Waals surface area contributed by atoms with Gasteiger partial charge < -0.3 is 10.6 Å². The van der Waals surface area contributed by atoms with Crippen LogP contribution in [0.3, 0.4) is 0 Å². The maximum absolute atomic E-state index is 13.7. The second-order valence-corrected chi connectivity index (χ2v) is 7.21. The molecule has 0 aliphatic heterocycles. The molecule has 0 unspecified atom stereocenters. The lowest BCUT2D eigenvalue weighted by Gasteiger charge is -2.08. The number of nitrogens with one attached hydrogen (secondary N) is 2. The lowest BCUT2D eigenvalue weighted by molar-refractivity contribution is -0.113. The summed E-state index contributed by atoms with van der Waals surface area (Å²) in [5, 5.41) is 5.51. The fraction of sp³-hybridized carbons (Fsp3) is 0.0909. The number of carbonyl (C=O) groups is 2. The van der Waals surface area contributed by atoms with Crippen molar-refractivity contribution >= 4 is 35.0 Å². The summed E-state index contributed by atoms with van der Waals surface area (Å²) in [6, 6.07) is 20.5. The van der Waals surface area contributed by atoms with Gasteiger partial charge in [-0.25, -0.2) is 4.39 Å². The summed E-state index contributed by atoms with van der Waals surface area (Å²) in [5.41, 5.74) is 2.45. The second kappa shape index (κ2) is 9.19. The van der Waals surface area contributed by atoms with E-state index in [1.54, 1.807) is 30.3 Å². The first-order chi connectivity index (χ1) is 13.5. The molecule has 0 spiro atoms. The predicted octanol–water partition coefficient (Wildman–Crippen LogP) is 5.12. The molecule has 0 radical (unpaired) electrons. The number of hydrogen-bond acceptors (Lipinski definition) is 3. The van der Waals surface area contributed by atoms with Crippen LogP contribution in [0.15, 0.2) is 77.7 Å². The van der Waals surface area contributed by atoms with E-state index in [9.17, 15) is 14.0 Å². The van der Waals surface area contributed by atoms with E-state index in [0.29, 0.717) is 5.69 Å². The van der Waals surface area contributed by atoms with Crippen LogP contribution in [0.1, 0.15) is 15.9 Å². The zero-order valence-electron chi connectivity index (χ0n) is 15.2. The smallest absolute Gasteiger partial charge is 0.258 e. The minimum Gasteiger partial charge on any atom is -0.325 e. The summed E-state index contributed by atoms with van der Waals surface area (Å²) in [7, 11) is 0. The monoisotopic (exact) mass is 394 g/mol. The first-order valence-corrected chi connectivity index (χ1v) is 9.65. The van der Waals surface area contributed by atoms with Crippen LogP contribution in [0.4, 0.5) is 15.8 Å². The SMILES string of the molecule is Cc1ccc(NC(=O)CSc2ccc(NC(=O)c3ccccc3F)cc2)cc1. The molecule has 3 aromatic carbocycles. The molecular formula is C22H19FN2O2S. The molecule has 0 bridgehead atoms. The first-order valence-electron chi connectivity index (χ1n) is 8.66. The van der Waals surface area contributed by atoms with Gasteiger partial charge in [0, 0.05) is 16.3 Å². The average molecular weight is 394 g/mol. The van der Waals surface area contributed by atoms with Gasteiger partial charge in [-0.05, 0) is 55.5 Å². The Bertz CT molecular complexity index is 973. The third-order valence-electron chi connectivity index (χ3n) is 3.94. The Balaban J connectivity index is 1.51. The van der Waals surface area contributed by atoms with E-state index in [0.717, 1.165) is 16.1 Å². The molecule has 3 aromatic rings. The molecule has 0 heterocycles. The lowest BCUT2D eigenvalue weighted by atomic mass is 10.2. The molecule has 0 saturated carbocycles. The zero-order chi connectivity index (χ0) is 19.9. The third-order valence-corrected chi connectivity index (χ3v) is 4.95. The van der Waals surface area contributed by atoms with E-state index >= 15 is 0 Å². The highest BCUT2D eigenvalue weighted by molar-refractivity contribution is 8.00. The number of hydrogen-bond donors (Lipinski definition) is 2. The van der Waals surface area contributed by atoms with Crippen molar-refractivity contribution in [1.82, 2.24) is 0 Å². The highest BCUT2D eigenvalue weighted by atomic mass is 32.2. The molecule has 0 saturated heterocycles. The van der Waals surface area contributed by atoms with Gasteiger partial charge >= 0.3 is 0 Å². The summed E-state index contributed by atoms with van der Waals surface area (Å²) in [6.07, 6.45) is 0. The molecule has 0 aliphatic rings. The van der Waals surface area contributed by atoms with E-state index < -0.39 is 11.7 Å². The second-order valence-electron chi connectivity index (χ2n) is 6.16. The van der Waals surface area contributed by atoms with E-state index in [-0.39, 0.29) is 17.2 Å². The topological polar surface area (TPSA) is 58.2 Å². The summed E-state index contributed by atoms with van der Waals surface area (Å²) in [6.45, 7) is 1.99. The molecule has 0 aromatic heterocycles. The van der Waals surface area contributed by atoms with Crippen molar-refractivity contribution in [3.05, 3.63) is 89.7 Å². The van der Waals surface area contributed by atoms with Gasteiger partial charge in [0.15, 0.2) is 0 Å². The molecular weight excluding hydrogens is 375 g/mol. The average Bonchev–Trinajstić information content (AvgIpc) is 2.69. The molecule has 6 heteroatoms.